The Kier molecular flexibility index (Phi) is 5.51. The summed E-state index contributed by atoms with van der Waals surface area (Å²) < 4.78 is 1.73. The Balaban J connectivity index is 1.65. The van der Waals surface area contributed by atoms with Gasteiger partial charge in [0.05, 0.1) is 12.2 Å². The van der Waals surface area contributed by atoms with Crippen molar-refractivity contribution in [1.82, 2.24) is 15.1 Å². The van der Waals surface area contributed by atoms with Gasteiger partial charge in [0.2, 0.25) is 0 Å². The third kappa shape index (κ3) is 4.70. The minimum Gasteiger partial charge on any atom is -0.350 e. The largest absolute Gasteiger partial charge is 0.350 e. The smallest absolute Gasteiger partial charge is 0.269 e. The zero-order valence-electron chi connectivity index (χ0n) is 14.1. The van der Waals surface area contributed by atoms with Crippen molar-refractivity contribution < 1.29 is 4.79 Å². The SMILES string of the molecule is Cc1cc(C(=O)NCCc2ccccc2)n(Cc2ccc(Cl)cc2)n1. The fourth-order valence-corrected chi connectivity index (χ4v) is 2.79. The molecule has 0 spiro atoms. The first-order valence-electron chi connectivity index (χ1n) is 8.23. The third-order valence-corrected chi connectivity index (χ3v) is 4.17. The van der Waals surface area contributed by atoms with Gasteiger partial charge in [0.1, 0.15) is 5.69 Å². The summed E-state index contributed by atoms with van der Waals surface area (Å²) in [6.45, 7) is 3.01. The van der Waals surface area contributed by atoms with E-state index in [4.69, 9.17) is 11.6 Å². The Hall–Kier alpha value is -2.59. The van der Waals surface area contributed by atoms with Crippen LogP contribution in [0.1, 0.15) is 27.3 Å². The third-order valence-electron chi connectivity index (χ3n) is 3.92. The van der Waals surface area contributed by atoms with Crippen LogP contribution in [0.5, 0.6) is 0 Å². The summed E-state index contributed by atoms with van der Waals surface area (Å²) in [6.07, 6.45) is 0.802. The topological polar surface area (TPSA) is 46.9 Å². The molecule has 1 amide bonds. The van der Waals surface area contributed by atoms with Crippen LogP contribution >= 0.6 is 11.6 Å². The highest BCUT2D eigenvalue weighted by Crippen LogP contribution is 2.12. The number of nitrogens with zero attached hydrogens (tertiary/aromatic N) is 2. The van der Waals surface area contributed by atoms with Gasteiger partial charge in [0.15, 0.2) is 0 Å². The molecule has 0 radical (unpaired) electrons. The number of carbonyl (C=O) groups is 1. The van der Waals surface area contributed by atoms with E-state index in [2.05, 4.69) is 22.5 Å². The molecule has 0 saturated carbocycles. The second-order valence-electron chi connectivity index (χ2n) is 5.95. The van der Waals surface area contributed by atoms with Crippen molar-refractivity contribution in [3.05, 3.63) is 88.2 Å². The van der Waals surface area contributed by atoms with Crippen LogP contribution in [-0.4, -0.2) is 22.2 Å². The van der Waals surface area contributed by atoms with Gasteiger partial charge in [-0.05, 0) is 42.7 Å². The van der Waals surface area contributed by atoms with Gasteiger partial charge in [0.25, 0.3) is 5.91 Å². The van der Waals surface area contributed by atoms with Crippen molar-refractivity contribution in [3.63, 3.8) is 0 Å². The standard InChI is InChI=1S/C20H20ClN3O/c1-15-13-19(20(25)22-12-11-16-5-3-2-4-6-16)24(23-15)14-17-7-9-18(21)10-8-17/h2-10,13H,11-12,14H2,1H3,(H,22,25). The number of halogens is 1. The molecule has 128 valence electrons. The Morgan fingerprint density at radius 3 is 2.52 bits per heavy atom. The predicted molar refractivity (Wildman–Crippen MR) is 100.0 cm³/mol. The predicted octanol–water partition coefficient (Wildman–Crippen LogP) is 3.87. The van der Waals surface area contributed by atoms with Crippen LogP contribution in [0.3, 0.4) is 0 Å². The molecule has 3 aromatic rings. The Morgan fingerprint density at radius 2 is 1.80 bits per heavy atom. The molecule has 4 nitrogen and oxygen atoms in total. The van der Waals surface area contributed by atoms with Crippen LogP contribution in [0.4, 0.5) is 0 Å². The summed E-state index contributed by atoms with van der Waals surface area (Å²) in [5.74, 6) is -0.106. The molecule has 5 heteroatoms. The Bertz CT molecular complexity index is 841. The van der Waals surface area contributed by atoms with Crippen LogP contribution in [0, 0.1) is 6.92 Å². The zero-order valence-corrected chi connectivity index (χ0v) is 14.8. The summed E-state index contributed by atoms with van der Waals surface area (Å²) >= 11 is 5.92. The Morgan fingerprint density at radius 1 is 1.08 bits per heavy atom. The lowest BCUT2D eigenvalue weighted by Crippen LogP contribution is -2.28. The van der Waals surface area contributed by atoms with E-state index >= 15 is 0 Å². The highest BCUT2D eigenvalue weighted by atomic mass is 35.5. The van der Waals surface area contributed by atoms with Crippen LogP contribution in [0.25, 0.3) is 0 Å². The monoisotopic (exact) mass is 353 g/mol. The number of carbonyl (C=O) groups excluding carboxylic acids is 1. The quantitative estimate of drug-likeness (QED) is 0.731. The molecular formula is C20H20ClN3O. The van der Waals surface area contributed by atoms with Crippen LogP contribution in [-0.2, 0) is 13.0 Å². The van der Waals surface area contributed by atoms with E-state index in [1.807, 2.05) is 55.5 Å². The molecule has 0 unspecified atom stereocenters. The molecule has 0 aliphatic rings. The highest BCUT2D eigenvalue weighted by molar-refractivity contribution is 6.30. The van der Waals surface area contributed by atoms with E-state index in [1.54, 1.807) is 4.68 Å². The number of hydrogen-bond donors (Lipinski definition) is 1. The molecule has 2 aromatic carbocycles. The summed E-state index contributed by atoms with van der Waals surface area (Å²) in [4.78, 5) is 12.5. The number of hydrogen-bond acceptors (Lipinski definition) is 2. The van der Waals surface area contributed by atoms with Gasteiger partial charge in [0, 0.05) is 11.6 Å². The molecule has 0 bridgehead atoms. The van der Waals surface area contributed by atoms with Gasteiger partial charge in [-0.15, -0.1) is 0 Å². The molecule has 0 aliphatic heterocycles. The van der Waals surface area contributed by atoms with Gasteiger partial charge in [-0.3, -0.25) is 9.48 Å². The molecule has 3 rings (SSSR count). The van der Waals surface area contributed by atoms with Crippen molar-refractivity contribution in [3.8, 4) is 0 Å². The van der Waals surface area contributed by atoms with Gasteiger partial charge >= 0.3 is 0 Å². The number of aromatic nitrogens is 2. The fourth-order valence-electron chi connectivity index (χ4n) is 2.67. The molecule has 0 saturated heterocycles. The maximum Gasteiger partial charge on any atom is 0.269 e. The normalized spacial score (nSPS) is 10.6. The minimum atomic E-state index is -0.106. The zero-order chi connectivity index (χ0) is 17.6. The van der Waals surface area contributed by atoms with Gasteiger partial charge in [-0.1, -0.05) is 54.1 Å². The summed E-state index contributed by atoms with van der Waals surface area (Å²) in [5, 5.41) is 8.11. The number of aryl methyl sites for hydroxylation is 1. The van der Waals surface area contributed by atoms with Gasteiger partial charge in [-0.25, -0.2) is 0 Å². The lowest BCUT2D eigenvalue weighted by molar-refractivity contribution is 0.0944. The molecule has 25 heavy (non-hydrogen) atoms. The second-order valence-corrected chi connectivity index (χ2v) is 6.38. The van der Waals surface area contributed by atoms with Crippen LogP contribution < -0.4 is 5.32 Å². The van der Waals surface area contributed by atoms with Crippen molar-refractivity contribution in [2.24, 2.45) is 0 Å². The average molecular weight is 354 g/mol. The van der Waals surface area contributed by atoms with E-state index in [-0.39, 0.29) is 5.91 Å². The highest BCUT2D eigenvalue weighted by Gasteiger charge is 2.14. The van der Waals surface area contributed by atoms with Crippen LogP contribution in [0.15, 0.2) is 60.7 Å². The van der Waals surface area contributed by atoms with Crippen LogP contribution in [0.2, 0.25) is 5.02 Å². The second kappa shape index (κ2) is 7.99. The number of nitrogens with one attached hydrogen (secondary N) is 1. The van der Waals surface area contributed by atoms with E-state index < -0.39 is 0 Å². The first-order valence-corrected chi connectivity index (χ1v) is 8.60. The van der Waals surface area contributed by atoms with E-state index in [0.717, 1.165) is 17.7 Å². The van der Waals surface area contributed by atoms with Crippen molar-refractivity contribution in [2.75, 3.05) is 6.54 Å². The molecule has 0 fully saturated rings. The number of benzene rings is 2. The van der Waals surface area contributed by atoms with Crippen molar-refractivity contribution >= 4 is 17.5 Å². The molecule has 0 atom stereocenters. The Labute approximate surface area is 152 Å². The number of amides is 1. The van der Waals surface area contributed by atoms with Crippen molar-refractivity contribution in [1.29, 1.82) is 0 Å². The van der Waals surface area contributed by atoms with Gasteiger partial charge in [-0.2, -0.15) is 5.10 Å². The lowest BCUT2D eigenvalue weighted by Gasteiger charge is -2.09. The number of rotatable bonds is 6. The maximum absolute atomic E-state index is 12.5. The van der Waals surface area contributed by atoms with Crippen molar-refractivity contribution in [2.45, 2.75) is 19.9 Å². The maximum atomic E-state index is 12.5. The first-order chi connectivity index (χ1) is 12.1. The molecule has 1 N–H and O–H groups in total. The summed E-state index contributed by atoms with van der Waals surface area (Å²) in [5.41, 5.74) is 3.64. The minimum absolute atomic E-state index is 0.106. The van der Waals surface area contributed by atoms with E-state index in [9.17, 15) is 4.79 Å². The molecular weight excluding hydrogens is 334 g/mol. The first kappa shape index (κ1) is 17.2. The molecule has 1 aromatic heterocycles. The molecule has 1 heterocycles. The summed E-state index contributed by atoms with van der Waals surface area (Å²) in [6, 6.07) is 19.5. The summed E-state index contributed by atoms with van der Waals surface area (Å²) in [7, 11) is 0. The lowest BCUT2D eigenvalue weighted by atomic mass is 10.1. The van der Waals surface area contributed by atoms with Gasteiger partial charge < -0.3 is 5.32 Å². The average Bonchev–Trinajstić information content (AvgIpc) is 2.98. The van der Waals surface area contributed by atoms with E-state index in [1.165, 1.54) is 5.56 Å². The molecule has 0 aliphatic carbocycles. The fraction of sp³-hybridized carbons (Fsp3) is 0.200. The van der Waals surface area contributed by atoms with E-state index in [0.29, 0.717) is 23.8 Å².